The number of aliphatic carboxylic acids is 1. The Bertz CT molecular complexity index is 344. The van der Waals surface area contributed by atoms with Gasteiger partial charge in [0, 0.05) is 19.5 Å². The van der Waals surface area contributed by atoms with Crippen molar-refractivity contribution in [3.05, 3.63) is 0 Å². The standard InChI is InChI=1S/C8H15NO6S/c10-6-4-9(5-7(6)11)16(14,15)3-1-2-8(12)13/h6-7,10-11H,1-5H2,(H,12,13). The zero-order valence-electron chi connectivity index (χ0n) is 8.61. The van der Waals surface area contributed by atoms with Gasteiger partial charge in [-0.1, -0.05) is 0 Å². The van der Waals surface area contributed by atoms with Crippen molar-refractivity contribution in [1.29, 1.82) is 0 Å². The molecule has 1 heterocycles. The van der Waals surface area contributed by atoms with Gasteiger partial charge in [-0.2, -0.15) is 4.31 Å². The highest BCUT2D eigenvalue weighted by Gasteiger charge is 2.36. The lowest BCUT2D eigenvalue weighted by Crippen LogP contribution is -2.32. The fourth-order valence-electron chi connectivity index (χ4n) is 1.50. The van der Waals surface area contributed by atoms with E-state index in [-0.39, 0.29) is 31.7 Å². The molecule has 1 fully saturated rings. The number of rotatable bonds is 5. The van der Waals surface area contributed by atoms with E-state index in [9.17, 15) is 23.4 Å². The molecule has 7 nitrogen and oxygen atoms in total. The molecule has 0 spiro atoms. The first-order valence-electron chi connectivity index (χ1n) is 4.88. The topological polar surface area (TPSA) is 115 Å². The van der Waals surface area contributed by atoms with E-state index >= 15 is 0 Å². The highest BCUT2D eigenvalue weighted by molar-refractivity contribution is 7.89. The molecular weight excluding hydrogens is 238 g/mol. The maximum absolute atomic E-state index is 11.6. The summed E-state index contributed by atoms with van der Waals surface area (Å²) in [4.78, 5) is 10.2. The molecule has 2 unspecified atom stereocenters. The van der Waals surface area contributed by atoms with E-state index in [0.717, 1.165) is 4.31 Å². The number of sulfonamides is 1. The number of carbonyl (C=O) groups is 1. The first-order chi connectivity index (χ1) is 7.33. The number of hydrogen-bond acceptors (Lipinski definition) is 5. The maximum atomic E-state index is 11.6. The Labute approximate surface area is 93.4 Å². The molecule has 0 bridgehead atoms. The normalized spacial score (nSPS) is 27.1. The van der Waals surface area contributed by atoms with Crippen LogP contribution in [0.15, 0.2) is 0 Å². The Morgan fingerprint density at radius 2 is 1.75 bits per heavy atom. The van der Waals surface area contributed by atoms with Gasteiger partial charge in [0.1, 0.15) is 0 Å². The van der Waals surface area contributed by atoms with Gasteiger partial charge in [0.15, 0.2) is 0 Å². The molecule has 8 heteroatoms. The molecule has 0 aromatic rings. The van der Waals surface area contributed by atoms with Gasteiger partial charge >= 0.3 is 5.97 Å². The predicted octanol–water partition coefficient (Wildman–Crippen LogP) is -1.78. The average Bonchev–Trinajstić information content (AvgIpc) is 2.46. The molecule has 1 aliphatic heterocycles. The van der Waals surface area contributed by atoms with Gasteiger partial charge in [-0.25, -0.2) is 8.42 Å². The monoisotopic (exact) mass is 253 g/mol. The van der Waals surface area contributed by atoms with Crippen molar-refractivity contribution < 1.29 is 28.5 Å². The van der Waals surface area contributed by atoms with Crippen molar-refractivity contribution in [2.75, 3.05) is 18.8 Å². The van der Waals surface area contributed by atoms with Gasteiger partial charge in [-0.15, -0.1) is 0 Å². The minimum Gasteiger partial charge on any atom is -0.481 e. The summed E-state index contributed by atoms with van der Waals surface area (Å²) in [6, 6.07) is 0. The second-order valence-electron chi connectivity index (χ2n) is 3.76. The zero-order valence-corrected chi connectivity index (χ0v) is 9.43. The molecule has 0 radical (unpaired) electrons. The Morgan fingerprint density at radius 3 is 2.19 bits per heavy atom. The third kappa shape index (κ3) is 3.41. The number of carboxylic acid groups (broad SMARTS) is 1. The van der Waals surface area contributed by atoms with Gasteiger partial charge in [0.05, 0.1) is 18.0 Å². The van der Waals surface area contributed by atoms with E-state index < -0.39 is 28.2 Å². The summed E-state index contributed by atoms with van der Waals surface area (Å²) in [5.41, 5.74) is 0. The maximum Gasteiger partial charge on any atom is 0.303 e. The van der Waals surface area contributed by atoms with Crippen LogP contribution in [-0.4, -0.2) is 65.1 Å². The number of β-amino-alcohol motifs (C(OH)–C–C–N with tert-alkyl or cyclic N) is 2. The first kappa shape index (κ1) is 13.4. The fourth-order valence-corrected chi connectivity index (χ4v) is 3.02. The van der Waals surface area contributed by atoms with Crippen LogP contribution in [0.2, 0.25) is 0 Å². The molecule has 0 aromatic heterocycles. The molecule has 94 valence electrons. The van der Waals surface area contributed by atoms with Gasteiger partial charge in [0.2, 0.25) is 10.0 Å². The SMILES string of the molecule is O=C(O)CCCS(=O)(=O)N1CC(O)C(O)C1. The molecule has 0 aliphatic carbocycles. The van der Waals surface area contributed by atoms with Gasteiger partial charge in [-0.3, -0.25) is 4.79 Å². The molecule has 16 heavy (non-hydrogen) atoms. The molecule has 2 atom stereocenters. The average molecular weight is 253 g/mol. The second kappa shape index (κ2) is 5.09. The first-order valence-corrected chi connectivity index (χ1v) is 6.49. The van der Waals surface area contributed by atoms with Crippen molar-refractivity contribution in [2.45, 2.75) is 25.0 Å². The van der Waals surface area contributed by atoms with Crippen molar-refractivity contribution in [1.82, 2.24) is 4.31 Å². The Balaban J connectivity index is 2.49. The summed E-state index contributed by atoms with van der Waals surface area (Å²) >= 11 is 0. The summed E-state index contributed by atoms with van der Waals surface area (Å²) in [6.07, 6.45) is -2.30. The van der Waals surface area contributed by atoms with E-state index in [1.807, 2.05) is 0 Å². The lowest BCUT2D eigenvalue weighted by molar-refractivity contribution is -0.137. The highest BCUT2D eigenvalue weighted by Crippen LogP contribution is 2.15. The van der Waals surface area contributed by atoms with Crippen LogP contribution in [0.5, 0.6) is 0 Å². The van der Waals surface area contributed by atoms with E-state index in [1.165, 1.54) is 0 Å². The Kier molecular flexibility index (Phi) is 4.25. The third-order valence-corrected chi connectivity index (χ3v) is 4.30. The minimum absolute atomic E-state index is 0.0281. The number of aliphatic hydroxyl groups excluding tert-OH is 2. The van der Waals surface area contributed by atoms with E-state index in [0.29, 0.717) is 0 Å². The van der Waals surface area contributed by atoms with Crippen molar-refractivity contribution in [2.24, 2.45) is 0 Å². The van der Waals surface area contributed by atoms with E-state index in [4.69, 9.17) is 5.11 Å². The molecule has 0 amide bonds. The number of nitrogens with zero attached hydrogens (tertiary/aromatic N) is 1. The van der Waals surface area contributed by atoms with Crippen LogP contribution >= 0.6 is 0 Å². The van der Waals surface area contributed by atoms with Gasteiger partial charge < -0.3 is 15.3 Å². The molecule has 1 rings (SSSR count). The molecular formula is C8H15NO6S. The third-order valence-electron chi connectivity index (χ3n) is 2.41. The van der Waals surface area contributed by atoms with Crippen molar-refractivity contribution in [3.8, 4) is 0 Å². The molecule has 1 saturated heterocycles. The minimum atomic E-state index is -3.57. The molecule has 0 saturated carbocycles. The number of hydrogen-bond donors (Lipinski definition) is 3. The van der Waals surface area contributed by atoms with Crippen molar-refractivity contribution >= 4 is 16.0 Å². The fraction of sp³-hybridized carbons (Fsp3) is 0.875. The van der Waals surface area contributed by atoms with Crippen LogP contribution in [-0.2, 0) is 14.8 Å². The van der Waals surface area contributed by atoms with Crippen molar-refractivity contribution in [3.63, 3.8) is 0 Å². The summed E-state index contributed by atoms with van der Waals surface area (Å²) in [6.45, 7) is -0.257. The van der Waals surface area contributed by atoms with E-state index in [2.05, 4.69) is 0 Å². The van der Waals surface area contributed by atoms with Crippen LogP contribution in [0.25, 0.3) is 0 Å². The van der Waals surface area contributed by atoms with Gasteiger partial charge in [0.25, 0.3) is 0 Å². The molecule has 3 N–H and O–H groups in total. The van der Waals surface area contributed by atoms with Crippen LogP contribution in [0.3, 0.4) is 0 Å². The quantitative estimate of drug-likeness (QED) is 0.533. The summed E-state index contributed by atoms with van der Waals surface area (Å²) in [7, 11) is -3.57. The van der Waals surface area contributed by atoms with Crippen LogP contribution in [0, 0.1) is 0 Å². The second-order valence-corrected chi connectivity index (χ2v) is 5.85. The highest BCUT2D eigenvalue weighted by atomic mass is 32.2. The molecule has 1 aliphatic rings. The summed E-state index contributed by atoms with van der Waals surface area (Å²) in [5.74, 6) is -1.32. The zero-order chi connectivity index (χ0) is 12.3. The van der Waals surface area contributed by atoms with Gasteiger partial charge in [-0.05, 0) is 6.42 Å². The largest absolute Gasteiger partial charge is 0.481 e. The summed E-state index contributed by atoms with van der Waals surface area (Å²) in [5, 5.41) is 26.8. The molecule has 0 aromatic carbocycles. The van der Waals surface area contributed by atoms with Crippen LogP contribution in [0.4, 0.5) is 0 Å². The van der Waals surface area contributed by atoms with Crippen LogP contribution in [0.1, 0.15) is 12.8 Å². The lowest BCUT2D eigenvalue weighted by atomic mass is 10.3. The predicted molar refractivity (Wildman–Crippen MR) is 54.2 cm³/mol. The lowest BCUT2D eigenvalue weighted by Gasteiger charge is -2.14. The number of carboxylic acids is 1. The van der Waals surface area contributed by atoms with Crippen LogP contribution < -0.4 is 0 Å². The smallest absolute Gasteiger partial charge is 0.303 e. The Morgan fingerprint density at radius 1 is 1.25 bits per heavy atom. The summed E-state index contributed by atoms with van der Waals surface area (Å²) < 4.78 is 24.2. The Hall–Kier alpha value is -0.700. The van der Waals surface area contributed by atoms with E-state index in [1.54, 1.807) is 0 Å². The number of aliphatic hydroxyl groups is 2.